The number of carbonyl (C=O) groups excluding carboxylic acids is 1. The van der Waals surface area contributed by atoms with Gasteiger partial charge in [-0.3, -0.25) is 4.79 Å². The second kappa shape index (κ2) is 5.29. The van der Waals surface area contributed by atoms with Gasteiger partial charge in [-0.25, -0.2) is 9.69 Å². The lowest BCUT2D eigenvalue weighted by atomic mass is 10.4. The van der Waals surface area contributed by atoms with Gasteiger partial charge in [-0.05, 0) is 19.1 Å². The number of carbonyl (C=O) groups is 2. The molecule has 0 fully saturated rings. The highest BCUT2D eigenvalue weighted by molar-refractivity contribution is 6.00. The molecule has 0 radical (unpaired) electrons. The van der Waals surface area contributed by atoms with Gasteiger partial charge in [-0.2, -0.15) is 0 Å². The van der Waals surface area contributed by atoms with Crippen LogP contribution in [0.5, 0.6) is 0 Å². The van der Waals surface area contributed by atoms with Gasteiger partial charge in [-0.15, -0.1) is 12.4 Å². The maximum atomic E-state index is 11.3. The van der Waals surface area contributed by atoms with Crippen molar-refractivity contribution in [3.63, 3.8) is 0 Å². The lowest BCUT2D eigenvalue weighted by Gasteiger charge is -2.12. The molecule has 1 heterocycles. The van der Waals surface area contributed by atoms with Gasteiger partial charge in [0.1, 0.15) is 0 Å². The summed E-state index contributed by atoms with van der Waals surface area (Å²) in [6.45, 7) is 1.68. The summed E-state index contributed by atoms with van der Waals surface area (Å²) in [4.78, 5) is 22.5. The van der Waals surface area contributed by atoms with E-state index in [1.165, 1.54) is 18.4 Å². The smallest absolute Gasteiger partial charge is 0.414 e. The number of nitrogens with zero attached hydrogens (tertiary/aromatic N) is 1. The van der Waals surface area contributed by atoms with Crippen LogP contribution in [0.3, 0.4) is 0 Å². The molecular weight excluding hydrogens is 210 g/mol. The molecule has 0 saturated carbocycles. The Labute approximate surface area is 86.7 Å². The Morgan fingerprint density at radius 1 is 1.57 bits per heavy atom. The van der Waals surface area contributed by atoms with Gasteiger partial charge in [0, 0.05) is 6.54 Å². The molecule has 0 bridgehead atoms. The quantitative estimate of drug-likeness (QED) is 0.824. The Balaban J connectivity index is 0.00000169. The number of hydrogen-bond donors (Lipinski definition) is 1. The van der Waals surface area contributed by atoms with Gasteiger partial charge in [0.2, 0.25) is 0 Å². The highest BCUT2D eigenvalue weighted by atomic mass is 35.5. The zero-order chi connectivity index (χ0) is 9.84. The van der Waals surface area contributed by atoms with Crippen LogP contribution in [0.4, 0.5) is 4.79 Å². The van der Waals surface area contributed by atoms with E-state index in [9.17, 15) is 9.59 Å². The van der Waals surface area contributed by atoms with Crippen molar-refractivity contribution < 1.29 is 19.1 Å². The fraction of sp³-hybridized carbons (Fsp3) is 0.250. The topological polar surface area (TPSA) is 70.8 Å². The molecule has 1 aromatic heterocycles. The molecule has 14 heavy (non-hydrogen) atoms. The first kappa shape index (κ1) is 12.5. The van der Waals surface area contributed by atoms with Crippen LogP contribution in [0.2, 0.25) is 0 Å². The number of carboxylic acid groups (broad SMARTS) is 1. The number of halogens is 1. The minimum atomic E-state index is -1.27. The Bertz CT molecular complexity index is 309. The van der Waals surface area contributed by atoms with Crippen LogP contribution in [0.1, 0.15) is 17.5 Å². The summed E-state index contributed by atoms with van der Waals surface area (Å²) in [5, 5.41) is 8.61. The normalized spacial score (nSPS) is 8.93. The van der Waals surface area contributed by atoms with E-state index in [4.69, 9.17) is 9.52 Å². The van der Waals surface area contributed by atoms with Crippen molar-refractivity contribution in [3.05, 3.63) is 24.2 Å². The summed E-state index contributed by atoms with van der Waals surface area (Å²) in [6.07, 6.45) is 0.0482. The second-order valence-electron chi connectivity index (χ2n) is 2.31. The van der Waals surface area contributed by atoms with E-state index < -0.39 is 12.0 Å². The number of amides is 2. The van der Waals surface area contributed by atoms with Crippen molar-refractivity contribution in [2.45, 2.75) is 6.92 Å². The summed E-state index contributed by atoms with van der Waals surface area (Å²) >= 11 is 0. The summed E-state index contributed by atoms with van der Waals surface area (Å²) in [6, 6.07) is 2.96. The van der Waals surface area contributed by atoms with E-state index in [2.05, 4.69) is 0 Å². The van der Waals surface area contributed by atoms with Crippen molar-refractivity contribution >= 4 is 24.4 Å². The standard InChI is InChI=1S/C8H9NO4.ClH/c1-2-9(8(11)12)7(10)6-4-3-5-13-6;/h3-5H,2H2,1H3,(H,11,12);1H. The zero-order valence-corrected chi connectivity index (χ0v) is 8.28. The molecular formula is C8H10ClNO4. The molecule has 0 aliphatic carbocycles. The summed E-state index contributed by atoms with van der Waals surface area (Å²) in [5.41, 5.74) is 0. The molecule has 5 nitrogen and oxygen atoms in total. The highest BCUT2D eigenvalue weighted by Crippen LogP contribution is 2.05. The minimum Gasteiger partial charge on any atom is -0.465 e. The van der Waals surface area contributed by atoms with Crippen LogP contribution in [0.25, 0.3) is 0 Å². The summed E-state index contributed by atoms with van der Waals surface area (Å²) < 4.78 is 4.77. The molecule has 0 saturated heterocycles. The molecule has 6 heteroatoms. The molecule has 2 amide bonds. The van der Waals surface area contributed by atoms with Crippen LogP contribution < -0.4 is 0 Å². The molecule has 1 N–H and O–H groups in total. The van der Waals surface area contributed by atoms with E-state index in [1.807, 2.05) is 0 Å². The molecule has 0 aliphatic rings. The monoisotopic (exact) mass is 219 g/mol. The van der Waals surface area contributed by atoms with Gasteiger partial charge in [0.05, 0.1) is 6.26 Å². The van der Waals surface area contributed by atoms with Crippen LogP contribution >= 0.6 is 12.4 Å². The predicted molar refractivity (Wildman–Crippen MR) is 50.7 cm³/mol. The first-order valence-electron chi connectivity index (χ1n) is 3.75. The highest BCUT2D eigenvalue weighted by Gasteiger charge is 2.21. The molecule has 0 spiro atoms. The van der Waals surface area contributed by atoms with Gasteiger partial charge in [0.15, 0.2) is 5.76 Å². The SMILES string of the molecule is CCN(C(=O)O)C(=O)c1ccco1.Cl. The third-order valence-corrected chi connectivity index (χ3v) is 1.52. The van der Waals surface area contributed by atoms with Crippen LogP contribution in [-0.4, -0.2) is 28.6 Å². The molecule has 0 aliphatic heterocycles. The number of hydrogen-bond acceptors (Lipinski definition) is 3. The number of imide groups is 1. The van der Waals surface area contributed by atoms with Crippen LogP contribution in [0.15, 0.2) is 22.8 Å². The van der Waals surface area contributed by atoms with Gasteiger partial charge < -0.3 is 9.52 Å². The molecule has 78 valence electrons. The third kappa shape index (κ3) is 2.50. The lowest BCUT2D eigenvalue weighted by Crippen LogP contribution is -2.35. The number of rotatable bonds is 2. The molecule has 0 unspecified atom stereocenters. The fourth-order valence-electron chi connectivity index (χ4n) is 0.899. The third-order valence-electron chi connectivity index (χ3n) is 1.52. The van der Waals surface area contributed by atoms with Crippen molar-refractivity contribution in [2.24, 2.45) is 0 Å². The van der Waals surface area contributed by atoms with Crippen molar-refractivity contribution in [3.8, 4) is 0 Å². The first-order valence-corrected chi connectivity index (χ1v) is 3.75. The fourth-order valence-corrected chi connectivity index (χ4v) is 0.899. The van der Waals surface area contributed by atoms with Gasteiger partial charge in [-0.1, -0.05) is 0 Å². The van der Waals surface area contributed by atoms with E-state index in [0.29, 0.717) is 4.90 Å². The van der Waals surface area contributed by atoms with E-state index in [1.54, 1.807) is 6.92 Å². The lowest BCUT2D eigenvalue weighted by molar-refractivity contribution is 0.0721. The van der Waals surface area contributed by atoms with Crippen molar-refractivity contribution in [1.82, 2.24) is 4.90 Å². The second-order valence-corrected chi connectivity index (χ2v) is 2.31. The Morgan fingerprint density at radius 2 is 2.21 bits per heavy atom. The van der Waals surface area contributed by atoms with Crippen LogP contribution in [0, 0.1) is 0 Å². The Hall–Kier alpha value is -1.49. The van der Waals surface area contributed by atoms with Crippen LogP contribution in [-0.2, 0) is 0 Å². The average molecular weight is 220 g/mol. The maximum Gasteiger partial charge on any atom is 0.414 e. The summed E-state index contributed by atoms with van der Waals surface area (Å²) in [5.74, 6) is -0.607. The summed E-state index contributed by atoms with van der Waals surface area (Å²) in [7, 11) is 0. The van der Waals surface area contributed by atoms with Crippen molar-refractivity contribution in [2.75, 3.05) is 6.54 Å². The van der Waals surface area contributed by atoms with Gasteiger partial charge >= 0.3 is 6.09 Å². The van der Waals surface area contributed by atoms with Crippen molar-refractivity contribution in [1.29, 1.82) is 0 Å². The first-order chi connectivity index (χ1) is 6.16. The predicted octanol–water partition coefficient (Wildman–Crippen LogP) is 1.84. The zero-order valence-electron chi connectivity index (χ0n) is 7.47. The van der Waals surface area contributed by atoms with E-state index >= 15 is 0 Å². The van der Waals surface area contributed by atoms with E-state index in [0.717, 1.165) is 0 Å². The molecule has 0 atom stereocenters. The largest absolute Gasteiger partial charge is 0.465 e. The number of furan rings is 1. The van der Waals surface area contributed by atoms with E-state index in [-0.39, 0.29) is 24.7 Å². The molecule has 0 aromatic carbocycles. The minimum absolute atomic E-state index is 0. The Morgan fingerprint density at radius 3 is 2.57 bits per heavy atom. The molecule has 1 rings (SSSR count). The Kier molecular flexibility index (Phi) is 4.72. The maximum absolute atomic E-state index is 11.3. The average Bonchev–Trinajstić information content (AvgIpc) is 2.56. The molecule has 1 aromatic rings. The van der Waals surface area contributed by atoms with Gasteiger partial charge in [0.25, 0.3) is 5.91 Å².